The van der Waals surface area contributed by atoms with Gasteiger partial charge in [0.15, 0.2) is 5.78 Å². The van der Waals surface area contributed by atoms with Crippen LogP contribution >= 0.6 is 11.6 Å². The summed E-state index contributed by atoms with van der Waals surface area (Å²) in [4.78, 5) is 11.7. The number of hydrogen-bond donors (Lipinski definition) is 0. The zero-order valence-corrected chi connectivity index (χ0v) is 16.9. The molecule has 0 N–H and O–H groups in total. The van der Waals surface area contributed by atoms with Gasteiger partial charge in [-0.05, 0) is 44.5 Å². The quantitative estimate of drug-likeness (QED) is 0.519. The highest BCUT2D eigenvalue weighted by molar-refractivity contribution is 6.31. The summed E-state index contributed by atoms with van der Waals surface area (Å²) in [6.07, 6.45) is 0. The van der Waals surface area contributed by atoms with Gasteiger partial charge in [0.2, 0.25) is 5.88 Å². The van der Waals surface area contributed by atoms with E-state index < -0.39 is 5.60 Å². The third kappa shape index (κ3) is 5.00. The van der Waals surface area contributed by atoms with Gasteiger partial charge in [0, 0.05) is 11.1 Å². The minimum Gasteiger partial charge on any atom is -0.439 e. The smallest absolute Gasteiger partial charge is 0.218 e. The van der Waals surface area contributed by atoms with Gasteiger partial charge in [0.25, 0.3) is 0 Å². The van der Waals surface area contributed by atoms with Crippen LogP contribution in [0.2, 0.25) is 5.02 Å². The Balaban J connectivity index is 1.86. The number of para-hydroxylation sites is 1. The third-order valence-electron chi connectivity index (χ3n) is 4.47. The molecule has 0 radical (unpaired) electrons. The molecule has 0 spiro atoms. The largest absolute Gasteiger partial charge is 0.439 e. The molecular weight excluding hydrogens is 376 g/mol. The van der Waals surface area contributed by atoms with Crippen molar-refractivity contribution in [2.75, 3.05) is 0 Å². The van der Waals surface area contributed by atoms with Crippen LogP contribution in [0.3, 0.4) is 0 Å². The molecule has 0 aliphatic carbocycles. The van der Waals surface area contributed by atoms with Crippen molar-refractivity contribution in [2.45, 2.75) is 39.5 Å². The number of aromatic nitrogens is 2. The van der Waals surface area contributed by atoms with Gasteiger partial charge < -0.3 is 9.47 Å². The van der Waals surface area contributed by atoms with Crippen LogP contribution in [0.15, 0.2) is 60.7 Å². The average molecular weight is 399 g/mol. The van der Waals surface area contributed by atoms with Crippen LogP contribution in [0.4, 0.5) is 0 Å². The van der Waals surface area contributed by atoms with E-state index in [0.29, 0.717) is 28.9 Å². The van der Waals surface area contributed by atoms with Crippen LogP contribution in [0.25, 0.3) is 0 Å². The van der Waals surface area contributed by atoms with Crippen molar-refractivity contribution in [2.24, 2.45) is 0 Å². The molecule has 0 atom stereocenters. The van der Waals surface area contributed by atoms with Crippen molar-refractivity contribution in [1.29, 1.82) is 0 Å². The molecule has 146 valence electrons. The predicted octanol–water partition coefficient (Wildman–Crippen LogP) is 5.26. The predicted molar refractivity (Wildman–Crippen MR) is 109 cm³/mol. The van der Waals surface area contributed by atoms with E-state index >= 15 is 0 Å². The van der Waals surface area contributed by atoms with E-state index in [9.17, 15) is 4.79 Å². The van der Waals surface area contributed by atoms with E-state index in [1.807, 2.05) is 60.7 Å². The first kappa shape index (κ1) is 20.1. The molecule has 0 aliphatic rings. The number of ketones is 1. The van der Waals surface area contributed by atoms with Gasteiger partial charge in [-0.1, -0.05) is 48.0 Å². The fourth-order valence-corrected chi connectivity index (χ4v) is 2.66. The zero-order chi connectivity index (χ0) is 20.1. The summed E-state index contributed by atoms with van der Waals surface area (Å²) in [6.45, 7) is 5.67. The van der Waals surface area contributed by atoms with Gasteiger partial charge in [0.05, 0.1) is 18.8 Å². The summed E-state index contributed by atoms with van der Waals surface area (Å²) >= 11 is 6.31. The summed E-state index contributed by atoms with van der Waals surface area (Å²) in [5, 5.41) is 5.27. The molecule has 0 saturated carbocycles. The molecular formula is C22H23ClN2O3. The lowest BCUT2D eigenvalue weighted by atomic mass is 10.1. The van der Waals surface area contributed by atoms with E-state index in [2.05, 4.69) is 5.10 Å². The number of benzene rings is 2. The Morgan fingerprint density at radius 3 is 2.46 bits per heavy atom. The molecule has 1 heterocycles. The second-order valence-corrected chi connectivity index (χ2v) is 7.40. The minimum atomic E-state index is -0.868. The second-order valence-electron chi connectivity index (χ2n) is 6.99. The minimum absolute atomic E-state index is 0.0382. The van der Waals surface area contributed by atoms with Crippen molar-refractivity contribution in [3.8, 4) is 11.6 Å². The SMILES string of the molecule is CC(=O)C(C)(C)OCc1cc(Oc2ccccc2)n(Cc2ccccc2Cl)n1. The molecule has 6 heteroatoms. The van der Waals surface area contributed by atoms with E-state index in [1.54, 1.807) is 18.5 Å². The first-order chi connectivity index (χ1) is 13.3. The molecule has 0 fully saturated rings. The fourth-order valence-electron chi connectivity index (χ4n) is 2.47. The van der Waals surface area contributed by atoms with Gasteiger partial charge in [-0.15, -0.1) is 0 Å². The summed E-state index contributed by atoms with van der Waals surface area (Å²) in [6, 6.07) is 18.9. The maximum absolute atomic E-state index is 11.7. The highest BCUT2D eigenvalue weighted by atomic mass is 35.5. The molecule has 28 heavy (non-hydrogen) atoms. The standard InChI is InChI=1S/C22H23ClN2O3/c1-16(26)22(2,3)27-15-18-13-21(28-19-10-5-4-6-11-19)25(24-18)14-17-9-7-8-12-20(17)23/h4-13H,14-15H2,1-3H3. The molecule has 1 aromatic heterocycles. The number of rotatable bonds is 8. The molecule has 0 unspecified atom stereocenters. The maximum Gasteiger partial charge on any atom is 0.218 e. The summed E-state index contributed by atoms with van der Waals surface area (Å²) in [5.74, 6) is 1.24. The maximum atomic E-state index is 11.7. The lowest BCUT2D eigenvalue weighted by Gasteiger charge is -2.21. The van der Waals surface area contributed by atoms with E-state index in [0.717, 1.165) is 5.56 Å². The Kier molecular flexibility index (Phi) is 6.17. The fraction of sp³-hybridized carbons (Fsp3) is 0.273. The van der Waals surface area contributed by atoms with Crippen molar-refractivity contribution in [1.82, 2.24) is 9.78 Å². The third-order valence-corrected chi connectivity index (χ3v) is 4.83. The summed E-state index contributed by atoms with van der Waals surface area (Å²) in [5.41, 5.74) is 0.737. The van der Waals surface area contributed by atoms with Crippen molar-refractivity contribution in [3.63, 3.8) is 0 Å². The van der Waals surface area contributed by atoms with Crippen molar-refractivity contribution >= 4 is 17.4 Å². The Hall–Kier alpha value is -2.63. The number of Topliss-reactive ketones (excluding diaryl/α,β-unsaturated/α-hetero) is 1. The molecule has 3 aromatic rings. The Morgan fingerprint density at radius 1 is 1.11 bits per heavy atom. The number of halogens is 1. The molecule has 5 nitrogen and oxygen atoms in total. The molecule has 2 aromatic carbocycles. The number of nitrogens with zero attached hydrogens (tertiary/aromatic N) is 2. The Morgan fingerprint density at radius 2 is 1.79 bits per heavy atom. The second kappa shape index (κ2) is 8.59. The first-order valence-corrected chi connectivity index (χ1v) is 9.41. The average Bonchev–Trinajstić information content (AvgIpc) is 3.04. The van der Waals surface area contributed by atoms with Crippen LogP contribution in [-0.2, 0) is 22.7 Å². The number of hydrogen-bond acceptors (Lipinski definition) is 4. The Bertz CT molecular complexity index is 951. The van der Waals surface area contributed by atoms with Crippen LogP contribution in [0.1, 0.15) is 32.0 Å². The lowest BCUT2D eigenvalue weighted by molar-refractivity contribution is -0.139. The zero-order valence-electron chi connectivity index (χ0n) is 16.2. The number of carbonyl (C=O) groups is 1. The lowest BCUT2D eigenvalue weighted by Crippen LogP contribution is -2.32. The van der Waals surface area contributed by atoms with Gasteiger partial charge in [0.1, 0.15) is 11.4 Å². The topological polar surface area (TPSA) is 53.4 Å². The van der Waals surface area contributed by atoms with Crippen molar-refractivity contribution in [3.05, 3.63) is 76.9 Å². The monoisotopic (exact) mass is 398 g/mol. The van der Waals surface area contributed by atoms with Gasteiger partial charge in [-0.25, -0.2) is 4.68 Å². The number of ether oxygens (including phenoxy) is 2. The molecule has 0 bridgehead atoms. The van der Waals surface area contributed by atoms with Crippen LogP contribution in [0, 0.1) is 0 Å². The van der Waals surface area contributed by atoms with Gasteiger partial charge in [-0.2, -0.15) is 5.10 Å². The van der Waals surface area contributed by atoms with Crippen LogP contribution in [-0.4, -0.2) is 21.2 Å². The Labute approximate surface area is 169 Å². The summed E-state index contributed by atoms with van der Waals surface area (Å²) < 4.78 is 13.5. The van der Waals surface area contributed by atoms with Gasteiger partial charge in [-0.3, -0.25) is 4.79 Å². The van der Waals surface area contributed by atoms with E-state index in [1.165, 1.54) is 6.92 Å². The van der Waals surface area contributed by atoms with Gasteiger partial charge >= 0.3 is 0 Å². The molecule has 0 saturated heterocycles. The summed E-state index contributed by atoms with van der Waals surface area (Å²) in [7, 11) is 0. The molecule has 0 amide bonds. The van der Waals surface area contributed by atoms with E-state index in [-0.39, 0.29) is 12.4 Å². The molecule has 3 rings (SSSR count). The number of carbonyl (C=O) groups excluding carboxylic acids is 1. The van der Waals surface area contributed by atoms with Crippen molar-refractivity contribution < 1.29 is 14.3 Å². The van der Waals surface area contributed by atoms with Crippen LogP contribution in [0.5, 0.6) is 11.6 Å². The van der Waals surface area contributed by atoms with Crippen LogP contribution < -0.4 is 4.74 Å². The van der Waals surface area contributed by atoms with E-state index in [4.69, 9.17) is 21.1 Å². The first-order valence-electron chi connectivity index (χ1n) is 9.03. The molecule has 0 aliphatic heterocycles. The highest BCUT2D eigenvalue weighted by Crippen LogP contribution is 2.26. The normalized spacial score (nSPS) is 11.4. The highest BCUT2D eigenvalue weighted by Gasteiger charge is 2.25.